The normalized spacial score (nSPS) is 11.5. The molecule has 0 spiro atoms. The Bertz CT molecular complexity index is 886. The minimum atomic E-state index is -1.30. The average Bonchev–Trinajstić information content (AvgIpc) is 2.43. The zero-order valence-electron chi connectivity index (χ0n) is 15.1. The quantitative estimate of drug-likeness (QED) is 0.817. The molecule has 0 fully saturated rings. The molecule has 2 aromatic rings. The summed E-state index contributed by atoms with van der Waals surface area (Å²) in [5, 5.41) is 10.4. The number of halogens is 1. The molecule has 6 heteroatoms. The molecule has 0 bridgehead atoms. The standard InChI is InChI=1S/C19H21ClO5/c1-9-7-10(2)13(11(3)8-9)14-16(22)15(20)17(24-18(14)23)19(5,6)25-12(4)21/h7-8,22H,1-6H3. The number of ether oxygens (including phenoxy) is 1. The Morgan fingerprint density at radius 3 is 2.16 bits per heavy atom. The smallest absolute Gasteiger partial charge is 0.347 e. The molecule has 2 rings (SSSR count). The van der Waals surface area contributed by atoms with E-state index >= 15 is 0 Å². The summed E-state index contributed by atoms with van der Waals surface area (Å²) in [6.07, 6.45) is 0. The van der Waals surface area contributed by atoms with Crippen LogP contribution in [0.1, 0.15) is 43.2 Å². The fourth-order valence-electron chi connectivity index (χ4n) is 3.09. The molecule has 5 nitrogen and oxygen atoms in total. The Morgan fingerprint density at radius 1 is 1.16 bits per heavy atom. The van der Waals surface area contributed by atoms with Crippen LogP contribution in [0, 0.1) is 20.8 Å². The Morgan fingerprint density at radius 2 is 1.68 bits per heavy atom. The molecule has 0 atom stereocenters. The van der Waals surface area contributed by atoms with E-state index in [0.29, 0.717) is 5.56 Å². The highest BCUT2D eigenvalue weighted by Gasteiger charge is 2.34. The van der Waals surface area contributed by atoms with Gasteiger partial charge in [-0.3, -0.25) is 4.79 Å². The van der Waals surface area contributed by atoms with Crippen molar-refractivity contribution >= 4 is 17.6 Å². The third kappa shape index (κ3) is 3.56. The zero-order valence-corrected chi connectivity index (χ0v) is 15.9. The van der Waals surface area contributed by atoms with Crippen molar-refractivity contribution < 1.29 is 19.1 Å². The molecule has 0 aliphatic carbocycles. The van der Waals surface area contributed by atoms with Crippen molar-refractivity contribution in [1.29, 1.82) is 0 Å². The van der Waals surface area contributed by atoms with Crippen LogP contribution in [0.25, 0.3) is 11.1 Å². The van der Waals surface area contributed by atoms with Crippen molar-refractivity contribution in [3.8, 4) is 16.9 Å². The third-order valence-corrected chi connectivity index (χ3v) is 4.27. The van der Waals surface area contributed by atoms with Crippen molar-refractivity contribution in [2.45, 2.75) is 47.1 Å². The summed E-state index contributed by atoms with van der Waals surface area (Å²) in [4.78, 5) is 23.9. The monoisotopic (exact) mass is 364 g/mol. The number of aromatic hydroxyl groups is 1. The number of hydrogen-bond acceptors (Lipinski definition) is 5. The molecule has 1 heterocycles. The molecule has 0 aliphatic rings. The summed E-state index contributed by atoms with van der Waals surface area (Å²) in [5.41, 5.74) is 1.23. The maximum Gasteiger partial charge on any atom is 0.347 e. The van der Waals surface area contributed by atoms with Crippen molar-refractivity contribution in [3.05, 3.63) is 50.0 Å². The Balaban J connectivity index is 2.76. The molecule has 0 radical (unpaired) electrons. The van der Waals surface area contributed by atoms with Crippen LogP contribution in [0.2, 0.25) is 5.02 Å². The first kappa shape index (κ1) is 19.1. The maximum absolute atomic E-state index is 12.6. The second kappa shape index (κ2) is 6.56. The van der Waals surface area contributed by atoms with Crippen molar-refractivity contribution in [2.24, 2.45) is 0 Å². The highest BCUT2D eigenvalue weighted by molar-refractivity contribution is 6.33. The van der Waals surface area contributed by atoms with E-state index in [1.54, 1.807) is 0 Å². The summed E-state index contributed by atoms with van der Waals surface area (Å²) in [7, 11) is 0. The van der Waals surface area contributed by atoms with Gasteiger partial charge in [0.05, 0.1) is 0 Å². The Kier molecular flexibility index (Phi) is 5.00. The number of hydrogen-bond donors (Lipinski definition) is 1. The topological polar surface area (TPSA) is 76.7 Å². The van der Waals surface area contributed by atoms with E-state index in [1.807, 2.05) is 32.9 Å². The molecule has 25 heavy (non-hydrogen) atoms. The second-order valence-corrected chi connectivity index (χ2v) is 7.01. The van der Waals surface area contributed by atoms with Gasteiger partial charge in [0.2, 0.25) is 0 Å². The van der Waals surface area contributed by atoms with E-state index in [4.69, 9.17) is 20.8 Å². The number of rotatable bonds is 3. The van der Waals surface area contributed by atoms with Gasteiger partial charge in [0.15, 0.2) is 17.1 Å². The van der Waals surface area contributed by atoms with Gasteiger partial charge in [-0.2, -0.15) is 0 Å². The summed E-state index contributed by atoms with van der Waals surface area (Å²) in [5.74, 6) is -1.04. The van der Waals surface area contributed by atoms with Crippen LogP contribution < -0.4 is 5.63 Å². The molecular weight excluding hydrogens is 344 g/mol. The lowest BCUT2D eigenvalue weighted by Gasteiger charge is -2.24. The largest absolute Gasteiger partial charge is 0.505 e. The zero-order chi connectivity index (χ0) is 19.1. The summed E-state index contributed by atoms with van der Waals surface area (Å²) >= 11 is 6.25. The average molecular weight is 365 g/mol. The summed E-state index contributed by atoms with van der Waals surface area (Å²) in [6.45, 7) is 9.93. The van der Waals surface area contributed by atoms with Gasteiger partial charge >= 0.3 is 11.6 Å². The lowest BCUT2D eigenvalue weighted by molar-refractivity contribution is -0.156. The van der Waals surface area contributed by atoms with Crippen LogP contribution in [0.4, 0.5) is 0 Å². The lowest BCUT2D eigenvalue weighted by atomic mass is 9.93. The molecule has 1 aromatic carbocycles. The number of benzene rings is 1. The molecule has 0 unspecified atom stereocenters. The number of carbonyl (C=O) groups excluding carboxylic acids is 1. The van der Waals surface area contributed by atoms with E-state index in [2.05, 4.69) is 0 Å². The third-order valence-electron chi connectivity index (χ3n) is 3.92. The van der Waals surface area contributed by atoms with Crippen LogP contribution in [-0.2, 0) is 15.1 Å². The molecule has 0 saturated heterocycles. The van der Waals surface area contributed by atoms with E-state index < -0.39 is 17.2 Å². The first-order chi connectivity index (χ1) is 11.5. The van der Waals surface area contributed by atoms with Crippen molar-refractivity contribution in [2.75, 3.05) is 0 Å². The van der Waals surface area contributed by atoms with Crippen LogP contribution >= 0.6 is 11.6 Å². The predicted molar refractivity (Wildman–Crippen MR) is 96.1 cm³/mol. The van der Waals surface area contributed by atoms with Gasteiger partial charge in [-0.1, -0.05) is 29.3 Å². The van der Waals surface area contributed by atoms with Gasteiger partial charge in [-0.25, -0.2) is 4.79 Å². The molecule has 134 valence electrons. The van der Waals surface area contributed by atoms with Gasteiger partial charge in [0.1, 0.15) is 10.6 Å². The number of carbonyl (C=O) groups is 1. The van der Waals surface area contributed by atoms with Crippen LogP contribution in [-0.4, -0.2) is 11.1 Å². The Hall–Kier alpha value is -2.27. The molecule has 0 aliphatic heterocycles. The highest BCUT2D eigenvalue weighted by atomic mass is 35.5. The van der Waals surface area contributed by atoms with Gasteiger partial charge in [-0.05, 0) is 51.3 Å². The van der Waals surface area contributed by atoms with Gasteiger partial charge in [0, 0.05) is 6.92 Å². The van der Waals surface area contributed by atoms with Crippen molar-refractivity contribution in [1.82, 2.24) is 0 Å². The number of esters is 1. The fourth-order valence-corrected chi connectivity index (χ4v) is 3.45. The van der Waals surface area contributed by atoms with E-state index in [1.165, 1.54) is 20.8 Å². The van der Waals surface area contributed by atoms with Crippen LogP contribution in [0.3, 0.4) is 0 Å². The maximum atomic E-state index is 12.6. The van der Waals surface area contributed by atoms with Crippen molar-refractivity contribution in [3.63, 3.8) is 0 Å². The molecule has 0 amide bonds. The SMILES string of the molecule is CC(=O)OC(C)(C)c1oc(=O)c(-c2c(C)cc(C)cc2C)c(O)c1Cl. The van der Waals surface area contributed by atoms with Crippen LogP contribution in [0.15, 0.2) is 21.3 Å². The summed E-state index contributed by atoms with van der Waals surface area (Å²) in [6, 6.07) is 3.82. The summed E-state index contributed by atoms with van der Waals surface area (Å²) < 4.78 is 10.5. The van der Waals surface area contributed by atoms with Gasteiger partial charge < -0.3 is 14.3 Å². The molecule has 1 N–H and O–H groups in total. The van der Waals surface area contributed by atoms with Crippen LogP contribution in [0.5, 0.6) is 5.75 Å². The number of aryl methyl sites for hydroxylation is 3. The van der Waals surface area contributed by atoms with E-state index in [9.17, 15) is 14.7 Å². The molecule has 1 aromatic heterocycles. The lowest BCUT2D eigenvalue weighted by Crippen LogP contribution is -2.26. The van der Waals surface area contributed by atoms with Gasteiger partial charge in [-0.15, -0.1) is 0 Å². The first-order valence-electron chi connectivity index (χ1n) is 7.79. The van der Waals surface area contributed by atoms with E-state index in [0.717, 1.165) is 16.7 Å². The predicted octanol–water partition coefficient (Wildman–Crippen LogP) is 4.39. The van der Waals surface area contributed by atoms with E-state index in [-0.39, 0.29) is 22.1 Å². The minimum Gasteiger partial charge on any atom is -0.505 e. The fraction of sp³-hybridized carbons (Fsp3) is 0.368. The van der Waals surface area contributed by atoms with Gasteiger partial charge in [0.25, 0.3) is 0 Å². The first-order valence-corrected chi connectivity index (χ1v) is 8.17. The second-order valence-electron chi connectivity index (χ2n) is 6.63. The molecular formula is C19H21ClO5. The Labute approximate surface area is 151 Å². The molecule has 0 saturated carbocycles. The highest BCUT2D eigenvalue weighted by Crippen LogP contribution is 2.41. The minimum absolute atomic E-state index is 0.00220.